The fraction of sp³-hybridized carbons (Fsp3) is 0.458. The van der Waals surface area contributed by atoms with Crippen molar-refractivity contribution >= 4 is 16.9 Å². The average molecular weight is 421 g/mol. The molecule has 3 heterocycles. The van der Waals surface area contributed by atoms with Crippen molar-refractivity contribution in [3.8, 4) is 0 Å². The molecule has 7 nitrogen and oxygen atoms in total. The summed E-state index contributed by atoms with van der Waals surface area (Å²) in [5.74, 6) is 0.889. The second kappa shape index (κ2) is 8.30. The van der Waals surface area contributed by atoms with Gasteiger partial charge in [0.25, 0.3) is 5.56 Å². The van der Waals surface area contributed by atoms with Crippen molar-refractivity contribution < 1.29 is 9.53 Å². The number of rotatable bonds is 4. The number of hydrogen-bond acceptors (Lipinski definition) is 5. The van der Waals surface area contributed by atoms with E-state index >= 15 is 0 Å². The van der Waals surface area contributed by atoms with Crippen molar-refractivity contribution in [2.75, 3.05) is 13.7 Å². The molecule has 1 aromatic carbocycles. The number of carbonyl (C=O) groups is 1. The average Bonchev–Trinajstić information content (AvgIpc) is 3.18. The summed E-state index contributed by atoms with van der Waals surface area (Å²) in [6.45, 7) is 1.90. The highest BCUT2D eigenvalue weighted by Gasteiger charge is 2.26. The number of esters is 1. The number of ether oxygens (including phenoxy) is 1. The molecule has 0 radical (unpaired) electrons. The van der Waals surface area contributed by atoms with Crippen molar-refractivity contribution in [3.05, 3.63) is 63.0 Å². The molecule has 1 fully saturated rings. The third-order valence-electron chi connectivity index (χ3n) is 6.74. The zero-order chi connectivity index (χ0) is 21.4. The van der Waals surface area contributed by atoms with Crippen LogP contribution >= 0.6 is 0 Å². The smallest absolute Gasteiger partial charge is 0.354 e. The first kappa shape index (κ1) is 20.0. The Morgan fingerprint density at radius 1 is 1.19 bits per heavy atom. The van der Waals surface area contributed by atoms with Crippen LogP contribution < -0.4 is 5.56 Å². The van der Waals surface area contributed by atoms with Crippen LogP contribution in [0.25, 0.3) is 10.9 Å². The van der Waals surface area contributed by atoms with Crippen LogP contribution in [0.1, 0.15) is 71.2 Å². The number of nitrogens with zero attached hydrogens (tertiary/aromatic N) is 2. The maximum atomic E-state index is 12.9. The molecule has 0 unspecified atom stereocenters. The molecule has 3 aromatic rings. The van der Waals surface area contributed by atoms with E-state index in [0.29, 0.717) is 24.7 Å². The number of carbonyl (C=O) groups excluding carboxylic acids is 1. The van der Waals surface area contributed by atoms with Crippen molar-refractivity contribution in [3.63, 3.8) is 0 Å². The predicted molar refractivity (Wildman–Crippen MR) is 118 cm³/mol. The summed E-state index contributed by atoms with van der Waals surface area (Å²) in [7, 11) is 1.39. The Kier molecular flexibility index (Phi) is 5.36. The van der Waals surface area contributed by atoms with Gasteiger partial charge in [-0.1, -0.05) is 37.5 Å². The molecule has 0 atom stereocenters. The maximum Gasteiger partial charge on any atom is 0.354 e. The van der Waals surface area contributed by atoms with Crippen LogP contribution in [0.5, 0.6) is 0 Å². The largest absolute Gasteiger partial charge is 0.464 e. The number of methoxy groups -OCH3 is 1. The molecule has 2 N–H and O–H groups in total. The zero-order valence-electron chi connectivity index (χ0n) is 17.9. The molecule has 0 bridgehead atoms. The van der Waals surface area contributed by atoms with Gasteiger partial charge in [0, 0.05) is 48.4 Å². The number of H-pyrrole nitrogens is 2. The fourth-order valence-electron chi connectivity index (χ4n) is 5.07. The standard InChI is InChI=1S/C24H28N4O3/c1-31-24(30)21-17(16-9-5-6-10-19(16)25-21)13-28-12-11-20-18(14-28)23(29)27-22(26-20)15-7-3-2-4-8-15/h5-6,9-10,15,25H,2-4,7-8,11-14H2,1H3,(H,26,27,29). The quantitative estimate of drug-likeness (QED) is 0.629. The molecule has 162 valence electrons. The van der Waals surface area contributed by atoms with Crippen LogP contribution in [0.2, 0.25) is 0 Å². The molecule has 0 amide bonds. The molecule has 2 aromatic heterocycles. The van der Waals surface area contributed by atoms with E-state index in [-0.39, 0.29) is 11.5 Å². The van der Waals surface area contributed by atoms with E-state index < -0.39 is 0 Å². The van der Waals surface area contributed by atoms with Gasteiger partial charge in [-0.15, -0.1) is 0 Å². The Labute approximate surface area is 180 Å². The van der Waals surface area contributed by atoms with Gasteiger partial charge >= 0.3 is 5.97 Å². The summed E-state index contributed by atoms with van der Waals surface area (Å²) in [5.41, 5.74) is 3.98. The van der Waals surface area contributed by atoms with Gasteiger partial charge in [-0.05, 0) is 18.9 Å². The minimum absolute atomic E-state index is 0.0117. The van der Waals surface area contributed by atoms with Crippen molar-refractivity contribution in [2.24, 2.45) is 0 Å². The van der Waals surface area contributed by atoms with Crippen molar-refractivity contribution in [2.45, 2.75) is 57.5 Å². The van der Waals surface area contributed by atoms with Crippen LogP contribution in [0.15, 0.2) is 29.1 Å². The lowest BCUT2D eigenvalue weighted by atomic mass is 9.88. The van der Waals surface area contributed by atoms with E-state index in [0.717, 1.165) is 59.4 Å². The van der Waals surface area contributed by atoms with E-state index in [1.807, 2.05) is 24.3 Å². The Bertz CT molecular complexity index is 1170. The van der Waals surface area contributed by atoms with E-state index in [9.17, 15) is 9.59 Å². The molecule has 1 saturated carbocycles. The van der Waals surface area contributed by atoms with Gasteiger partial charge in [0.15, 0.2) is 0 Å². The van der Waals surface area contributed by atoms with Crippen LogP contribution in [0.3, 0.4) is 0 Å². The van der Waals surface area contributed by atoms with Crippen molar-refractivity contribution in [1.29, 1.82) is 0 Å². The second-order valence-electron chi connectivity index (χ2n) is 8.69. The van der Waals surface area contributed by atoms with Crippen molar-refractivity contribution in [1.82, 2.24) is 19.9 Å². The molecular weight excluding hydrogens is 392 g/mol. The first-order valence-electron chi connectivity index (χ1n) is 11.2. The van der Waals surface area contributed by atoms with Gasteiger partial charge in [-0.3, -0.25) is 9.69 Å². The fourth-order valence-corrected chi connectivity index (χ4v) is 5.07. The third-order valence-corrected chi connectivity index (χ3v) is 6.74. The highest BCUT2D eigenvalue weighted by molar-refractivity contribution is 5.98. The van der Waals surface area contributed by atoms with Gasteiger partial charge in [-0.2, -0.15) is 0 Å². The Balaban J connectivity index is 1.42. The molecule has 2 aliphatic rings. The van der Waals surface area contributed by atoms with Gasteiger partial charge < -0.3 is 14.7 Å². The summed E-state index contributed by atoms with van der Waals surface area (Å²) in [5, 5.41) is 1.01. The number of benzene rings is 1. The van der Waals surface area contributed by atoms with E-state index in [1.165, 1.54) is 26.4 Å². The summed E-state index contributed by atoms with van der Waals surface area (Å²) in [6, 6.07) is 7.87. The first-order chi connectivity index (χ1) is 15.1. The SMILES string of the molecule is COC(=O)c1[nH]c2ccccc2c1CN1CCc2nc(C3CCCCC3)[nH]c(=O)c2C1. The number of aromatic amines is 2. The lowest BCUT2D eigenvalue weighted by Crippen LogP contribution is -2.36. The zero-order valence-corrected chi connectivity index (χ0v) is 17.9. The number of hydrogen-bond donors (Lipinski definition) is 2. The summed E-state index contributed by atoms with van der Waals surface area (Å²) in [6.07, 6.45) is 6.69. The monoisotopic (exact) mass is 420 g/mol. The lowest BCUT2D eigenvalue weighted by Gasteiger charge is -2.29. The Hall–Kier alpha value is -2.93. The Morgan fingerprint density at radius 2 is 2.00 bits per heavy atom. The maximum absolute atomic E-state index is 12.9. The van der Waals surface area contributed by atoms with E-state index in [2.05, 4.69) is 14.9 Å². The Morgan fingerprint density at radius 3 is 2.81 bits per heavy atom. The summed E-state index contributed by atoms with van der Waals surface area (Å²) in [4.78, 5) is 38.6. The first-order valence-corrected chi connectivity index (χ1v) is 11.2. The van der Waals surface area contributed by atoms with Gasteiger partial charge in [-0.25, -0.2) is 9.78 Å². The molecule has 5 rings (SSSR count). The molecule has 31 heavy (non-hydrogen) atoms. The number of aromatic nitrogens is 3. The molecule has 0 spiro atoms. The number of nitrogens with one attached hydrogen (secondary N) is 2. The van der Waals surface area contributed by atoms with E-state index in [4.69, 9.17) is 9.72 Å². The number of para-hydroxylation sites is 1. The van der Waals surface area contributed by atoms with Crippen LogP contribution in [-0.2, 0) is 24.2 Å². The van der Waals surface area contributed by atoms with Crippen LogP contribution in [0, 0.1) is 0 Å². The molecule has 0 saturated heterocycles. The summed E-state index contributed by atoms with van der Waals surface area (Å²) < 4.78 is 4.99. The second-order valence-corrected chi connectivity index (χ2v) is 8.69. The predicted octanol–water partition coefficient (Wildman–Crippen LogP) is 3.64. The normalized spacial score (nSPS) is 17.6. The van der Waals surface area contributed by atoms with E-state index in [1.54, 1.807) is 0 Å². The minimum Gasteiger partial charge on any atom is -0.464 e. The third kappa shape index (κ3) is 3.78. The molecule has 1 aliphatic heterocycles. The van der Waals surface area contributed by atoms with Gasteiger partial charge in [0.1, 0.15) is 11.5 Å². The number of fused-ring (bicyclic) bond motifs is 2. The lowest BCUT2D eigenvalue weighted by molar-refractivity contribution is 0.0592. The highest BCUT2D eigenvalue weighted by atomic mass is 16.5. The molecule has 1 aliphatic carbocycles. The molecule has 7 heteroatoms. The van der Waals surface area contributed by atoms with Crippen LogP contribution in [0.4, 0.5) is 0 Å². The topological polar surface area (TPSA) is 91.1 Å². The van der Waals surface area contributed by atoms with Gasteiger partial charge in [0.2, 0.25) is 0 Å². The molecular formula is C24H28N4O3. The minimum atomic E-state index is -0.375. The van der Waals surface area contributed by atoms with Crippen LogP contribution in [-0.4, -0.2) is 39.5 Å². The highest BCUT2D eigenvalue weighted by Crippen LogP contribution is 2.31. The summed E-state index contributed by atoms with van der Waals surface area (Å²) >= 11 is 0. The van der Waals surface area contributed by atoms with Gasteiger partial charge in [0.05, 0.1) is 18.4 Å².